The molecule has 1 aliphatic rings. The Kier molecular flexibility index (Phi) is 5.05. The zero-order chi connectivity index (χ0) is 20.5. The van der Waals surface area contributed by atoms with Crippen LogP contribution in [0.4, 0.5) is 14.6 Å². The molecule has 1 aliphatic heterocycles. The Bertz CT molecular complexity index is 1110. The Labute approximate surface area is 166 Å². The normalized spacial score (nSPS) is 14.9. The van der Waals surface area contributed by atoms with E-state index in [-0.39, 0.29) is 11.5 Å². The first kappa shape index (κ1) is 19.1. The monoisotopic (exact) mass is 394 g/mol. The molecule has 1 saturated heterocycles. The van der Waals surface area contributed by atoms with Gasteiger partial charge in [0, 0.05) is 24.4 Å². The maximum Gasteiger partial charge on any atom is 0.152 e. The number of nitrogens with one attached hydrogen (secondary N) is 1. The molecule has 1 aromatic heterocycles. The summed E-state index contributed by atoms with van der Waals surface area (Å²) in [7, 11) is 0. The number of benzene rings is 2. The minimum atomic E-state index is -0.631. The van der Waals surface area contributed by atoms with Crippen molar-refractivity contribution in [3.8, 4) is 11.1 Å². The summed E-state index contributed by atoms with van der Waals surface area (Å²) >= 11 is 0. The molecule has 148 valence electrons. The molecule has 2 aromatic carbocycles. The number of aldehydes is 1. The highest BCUT2D eigenvalue weighted by Gasteiger charge is 2.24. The van der Waals surface area contributed by atoms with Crippen molar-refractivity contribution >= 4 is 28.7 Å². The van der Waals surface area contributed by atoms with E-state index in [9.17, 15) is 13.6 Å². The van der Waals surface area contributed by atoms with Gasteiger partial charge in [-0.25, -0.2) is 18.7 Å². The number of carbonyl (C=O) groups is 1. The van der Waals surface area contributed by atoms with Gasteiger partial charge in [0.1, 0.15) is 23.8 Å². The van der Waals surface area contributed by atoms with E-state index in [1.165, 1.54) is 24.5 Å². The number of fused-ring (bicyclic) bond motifs is 1. The Morgan fingerprint density at radius 3 is 2.55 bits per heavy atom. The van der Waals surface area contributed by atoms with Gasteiger partial charge < -0.3 is 10.3 Å². The second-order valence-electron chi connectivity index (χ2n) is 7.31. The van der Waals surface area contributed by atoms with Gasteiger partial charge in [-0.05, 0) is 55.5 Å². The molecule has 1 N–H and O–H groups in total. The molecular formula is C22H20F2N4O. The van der Waals surface area contributed by atoms with Crippen LogP contribution in [0.1, 0.15) is 30.1 Å². The predicted molar refractivity (Wildman–Crippen MR) is 109 cm³/mol. The zero-order valence-electron chi connectivity index (χ0n) is 16.0. The van der Waals surface area contributed by atoms with Crippen molar-refractivity contribution in [3.05, 3.63) is 53.9 Å². The fraction of sp³-hybridized carbons (Fsp3) is 0.273. The van der Waals surface area contributed by atoms with Gasteiger partial charge in [-0.2, -0.15) is 0 Å². The molecule has 1 fully saturated rings. The Balaban J connectivity index is 1.80. The predicted octanol–water partition coefficient (Wildman–Crippen LogP) is 4.64. The first-order valence-electron chi connectivity index (χ1n) is 9.48. The molecule has 3 aromatic rings. The Morgan fingerprint density at radius 2 is 1.90 bits per heavy atom. The van der Waals surface area contributed by atoms with Crippen LogP contribution in [0.5, 0.6) is 0 Å². The van der Waals surface area contributed by atoms with Crippen LogP contribution in [0, 0.1) is 23.0 Å². The number of rotatable bonds is 4. The van der Waals surface area contributed by atoms with Crippen LogP contribution in [0.2, 0.25) is 0 Å². The van der Waals surface area contributed by atoms with Gasteiger partial charge in [-0.1, -0.05) is 6.07 Å². The minimum Gasteiger partial charge on any atom is -0.356 e. The summed E-state index contributed by atoms with van der Waals surface area (Å²) in [6.07, 6.45) is 3.49. The Morgan fingerprint density at radius 1 is 1.14 bits per heavy atom. The molecule has 0 amide bonds. The molecular weight excluding hydrogens is 374 g/mol. The molecule has 7 heteroatoms. The number of hydrogen-bond acceptors (Lipinski definition) is 5. The standard InChI is InChI=1S/C22H20F2N4O/c1-13(25)14-6-8-28(9-7-14)22-20-18(23)5-4-17(21(20)26-12-27-22)15-2-3-16(11-29)19(24)10-15/h2-5,10-12,14,25H,6-9H2,1H3. The maximum atomic E-state index is 14.8. The summed E-state index contributed by atoms with van der Waals surface area (Å²) in [4.78, 5) is 21.5. The van der Waals surface area contributed by atoms with Gasteiger partial charge in [-0.3, -0.25) is 4.79 Å². The van der Waals surface area contributed by atoms with Crippen molar-refractivity contribution < 1.29 is 13.6 Å². The second kappa shape index (κ2) is 7.66. The topological polar surface area (TPSA) is 69.9 Å². The summed E-state index contributed by atoms with van der Waals surface area (Å²) in [6, 6.07) is 7.19. The minimum absolute atomic E-state index is 0.0279. The van der Waals surface area contributed by atoms with Crippen molar-refractivity contribution in [2.24, 2.45) is 5.92 Å². The van der Waals surface area contributed by atoms with Gasteiger partial charge in [-0.15, -0.1) is 0 Å². The van der Waals surface area contributed by atoms with Gasteiger partial charge >= 0.3 is 0 Å². The molecule has 0 spiro atoms. The zero-order valence-corrected chi connectivity index (χ0v) is 16.0. The van der Waals surface area contributed by atoms with Crippen molar-refractivity contribution in [3.63, 3.8) is 0 Å². The lowest BCUT2D eigenvalue weighted by molar-refractivity contribution is 0.112. The SMILES string of the molecule is CC(=N)C1CCN(c2ncnc3c(-c4ccc(C=O)c(F)c4)ccc(F)c23)CC1. The molecule has 2 heterocycles. The summed E-state index contributed by atoms with van der Waals surface area (Å²) < 4.78 is 29.0. The van der Waals surface area contributed by atoms with Gasteiger partial charge in [0.05, 0.1) is 16.5 Å². The molecule has 0 aliphatic carbocycles. The average Bonchev–Trinajstić information content (AvgIpc) is 2.73. The van der Waals surface area contributed by atoms with Crippen LogP contribution in [0.3, 0.4) is 0 Å². The number of anilines is 1. The lowest BCUT2D eigenvalue weighted by Gasteiger charge is -2.33. The summed E-state index contributed by atoms with van der Waals surface area (Å²) in [6.45, 7) is 3.18. The molecule has 5 nitrogen and oxygen atoms in total. The van der Waals surface area contributed by atoms with E-state index in [0.29, 0.717) is 52.9 Å². The van der Waals surface area contributed by atoms with E-state index in [1.54, 1.807) is 12.1 Å². The summed E-state index contributed by atoms with van der Waals surface area (Å²) in [5.41, 5.74) is 2.14. The van der Waals surface area contributed by atoms with Gasteiger partial charge in [0.2, 0.25) is 0 Å². The molecule has 0 saturated carbocycles. The van der Waals surface area contributed by atoms with Crippen molar-refractivity contribution in [2.45, 2.75) is 19.8 Å². The van der Waals surface area contributed by atoms with Crippen LogP contribution >= 0.6 is 0 Å². The van der Waals surface area contributed by atoms with E-state index in [2.05, 4.69) is 9.97 Å². The van der Waals surface area contributed by atoms with Crippen molar-refractivity contribution in [1.29, 1.82) is 5.41 Å². The largest absolute Gasteiger partial charge is 0.356 e. The van der Waals surface area contributed by atoms with Crippen LogP contribution < -0.4 is 4.90 Å². The number of piperidine rings is 1. The lowest BCUT2D eigenvalue weighted by atomic mass is 9.92. The summed E-state index contributed by atoms with van der Waals surface area (Å²) in [5, 5.41) is 8.14. The number of nitrogens with zero attached hydrogens (tertiary/aromatic N) is 3. The highest BCUT2D eigenvalue weighted by molar-refractivity contribution is 6.00. The van der Waals surface area contributed by atoms with Crippen LogP contribution in [0.25, 0.3) is 22.0 Å². The number of carbonyl (C=O) groups excluding carboxylic acids is 1. The number of halogens is 2. The van der Waals surface area contributed by atoms with E-state index >= 15 is 0 Å². The smallest absolute Gasteiger partial charge is 0.152 e. The van der Waals surface area contributed by atoms with Crippen LogP contribution in [-0.4, -0.2) is 35.1 Å². The Hall–Kier alpha value is -3.22. The highest BCUT2D eigenvalue weighted by atomic mass is 19.1. The third-order valence-corrected chi connectivity index (χ3v) is 5.56. The summed E-state index contributed by atoms with van der Waals surface area (Å²) in [5.74, 6) is -0.303. The maximum absolute atomic E-state index is 14.8. The molecule has 0 radical (unpaired) electrons. The van der Waals surface area contributed by atoms with Crippen LogP contribution in [0.15, 0.2) is 36.7 Å². The first-order chi connectivity index (χ1) is 14.0. The number of aromatic nitrogens is 2. The number of hydrogen-bond donors (Lipinski definition) is 1. The lowest BCUT2D eigenvalue weighted by Crippen LogP contribution is -2.36. The third-order valence-electron chi connectivity index (χ3n) is 5.56. The van der Waals surface area contributed by atoms with E-state index < -0.39 is 11.6 Å². The van der Waals surface area contributed by atoms with Gasteiger partial charge in [0.25, 0.3) is 0 Å². The van der Waals surface area contributed by atoms with Crippen molar-refractivity contribution in [2.75, 3.05) is 18.0 Å². The fourth-order valence-corrected chi connectivity index (χ4v) is 3.91. The molecule has 0 bridgehead atoms. The molecule has 4 rings (SSSR count). The second-order valence-corrected chi connectivity index (χ2v) is 7.31. The van der Waals surface area contributed by atoms with E-state index in [1.807, 2.05) is 11.8 Å². The molecule has 29 heavy (non-hydrogen) atoms. The quantitative estimate of drug-likeness (QED) is 0.517. The van der Waals surface area contributed by atoms with Crippen LogP contribution in [-0.2, 0) is 0 Å². The third kappa shape index (κ3) is 3.48. The van der Waals surface area contributed by atoms with Gasteiger partial charge in [0.15, 0.2) is 6.29 Å². The highest BCUT2D eigenvalue weighted by Crippen LogP contribution is 2.35. The van der Waals surface area contributed by atoms with E-state index in [0.717, 1.165) is 12.8 Å². The average molecular weight is 394 g/mol. The molecule has 0 unspecified atom stereocenters. The first-order valence-corrected chi connectivity index (χ1v) is 9.48. The fourth-order valence-electron chi connectivity index (χ4n) is 3.91. The molecule has 0 atom stereocenters. The van der Waals surface area contributed by atoms with E-state index in [4.69, 9.17) is 5.41 Å². The van der Waals surface area contributed by atoms with Crippen molar-refractivity contribution in [1.82, 2.24) is 9.97 Å².